The van der Waals surface area contributed by atoms with Gasteiger partial charge in [-0.05, 0) is 42.8 Å². The molecule has 1 unspecified atom stereocenters. The van der Waals surface area contributed by atoms with Crippen LogP contribution in [0.25, 0.3) is 0 Å². The molecule has 7 heteroatoms. The van der Waals surface area contributed by atoms with Crippen LogP contribution in [0.15, 0.2) is 18.2 Å². The highest BCUT2D eigenvalue weighted by Crippen LogP contribution is 2.36. The summed E-state index contributed by atoms with van der Waals surface area (Å²) < 4.78 is 11.4. The summed E-state index contributed by atoms with van der Waals surface area (Å²) in [7, 11) is -1.77. The van der Waals surface area contributed by atoms with Crippen LogP contribution >= 0.6 is 0 Å². The zero-order valence-electron chi connectivity index (χ0n) is 15.8. The van der Waals surface area contributed by atoms with E-state index >= 15 is 0 Å². The van der Waals surface area contributed by atoms with Gasteiger partial charge in [0.1, 0.15) is 5.75 Å². The monoisotopic (exact) mass is 366 g/mol. The van der Waals surface area contributed by atoms with Gasteiger partial charge in [-0.2, -0.15) is 0 Å². The predicted molar refractivity (Wildman–Crippen MR) is 103 cm³/mol. The van der Waals surface area contributed by atoms with Crippen LogP contribution in [0.2, 0.25) is 18.1 Å². The van der Waals surface area contributed by atoms with Crippen molar-refractivity contribution < 1.29 is 19.1 Å². The first-order chi connectivity index (χ1) is 11.6. The van der Waals surface area contributed by atoms with E-state index in [0.29, 0.717) is 31.0 Å². The highest BCUT2D eigenvalue weighted by molar-refractivity contribution is 6.74. The number of aliphatic hydroxyl groups is 1. The maximum atomic E-state index is 11.4. The molecule has 1 amide bonds. The van der Waals surface area contributed by atoms with E-state index in [1.807, 2.05) is 18.2 Å². The minimum Gasteiger partial charge on any atom is -0.482 e. The fourth-order valence-electron chi connectivity index (χ4n) is 2.20. The zero-order chi connectivity index (χ0) is 18.7. The number of nitrogens with one attached hydrogen (secondary N) is 2. The van der Waals surface area contributed by atoms with Gasteiger partial charge in [-0.3, -0.25) is 4.79 Å². The summed E-state index contributed by atoms with van der Waals surface area (Å²) >= 11 is 0. The fraction of sp³-hybridized carbons (Fsp3) is 0.611. The van der Waals surface area contributed by atoms with Gasteiger partial charge in [0.05, 0.1) is 11.8 Å². The Bertz CT molecular complexity index is 614. The van der Waals surface area contributed by atoms with E-state index in [4.69, 9.17) is 9.16 Å². The molecule has 1 aromatic carbocycles. The van der Waals surface area contributed by atoms with Crippen LogP contribution in [0, 0.1) is 0 Å². The molecule has 0 spiro atoms. The number of aliphatic hydroxyl groups excluding tert-OH is 1. The Balaban J connectivity index is 1.78. The van der Waals surface area contributed by atoms with Crippen LogP contribution in [-0.4, -0.2) is 45.2 Å². The first-order valence-corrected chi connectivity index (χ1v) is 11.6. The minimum atomic E-state index is -1.77. The number of fused-ring (bicyclic) bond motifs is 1. The lowest BCUT2D eigenvalue weighted by Crippen LogP contribution is -2.41. The van der Waals surface area contributed by atoms with Gasteiger partial charge in [-0.1, -0.05) is 20.8 Å². The third kappa shape index (κ3) is 5.45. The van der Waals surface area contributed by atoms with E-state index in [0.717, 1.165) is 5.69 Å². The van der Waals surface area contributed by atoms with Crippen molar-refractivity contribution in [1.82, 2.24) is 0 Å². The molecular weight excluding hydrogens is 336 g/mol. The molecule has 140 valence electrons. The second-order valence-corrected chi connectivity index (χ2v) is 12.8. The molecular formula is C18H30N2O4Si. The summed E-state index contributed by atoms with van der Waals surface area (Å²) in [5.74, 6) is 0.501. The largest absolute Gasteiger partial charge is 0.482 e. The van der Waals surface area contributed by atoms with Crippen molar-refractivity contribution in [2.75, 3.05) is 30.4 Å². The second kappa shape index (κ2) is 7.76. The van der Waals surface area contributed by atoms with Crippen molar-refractivity contribution in [3.05, 3.63) is 18.2 Å². The number of carbonyl (C=O) groups excluding carboxylic acids is 1. The van der Waals surface area contributed by atoms with E-state index in [2.05, 4.69) is 44.5 Å². The zero-order valence-corrected chi connectivity index (χ0v) is 16.8. The molecule has 0 bridgehead atoms. The van der Waals surface area contributed by atoms with E-state index in [1.54, 1.807) is 0 Å². The molecule has 1 aliphatic rings. The average molecular weight is 367 g/mol. The lowest BCUT2D eigenvalue weighted by Gasteiger charge is -2.36. The van der Waals surface area contributed by atoms with Gasteiger partial charge in [0, 0.05) is 18.8 Å². The number of rotatable bonds is 7. The Morgan fingerprint density at radius 1 is 1.40 bits per heavy atom. The summed E-state index contributed by atoms with van der Waals surface area (Å²) in [6.45, 7) is 12.1. The topological polar surface area (TPSA) is 79.8 Å². The standard InChI is InChI=1S/C18H30N2O4Si/c1-18(2,3)25(4,5)24-9-8-14(21)11-19-13-6-7-16-15(10-13)20-17(22)12-23-16/h6-7,10,14,19,21H,8-9,11-12H2,1-5H3,(H,20,22). The first kappa shape index (κ1) is 19.7. The van der Waals surface area contributed by atoms with E-state index in [-0.39, 0.29) is 17.6 Å². The van der Waals surface area contributed by atoms with Gasteiger partial charge < -0.3 is 24.9 Å². The number of benzene rings is 1. The van der Waals surface area contributed by atoms with Crippen molar-refractivity contribution in [2.24, 2.45) is 0 Å². The molecule has 1 heterocycles. The van der Waals surface area contributed by atoms with Gasteiger partial charge in [-0.15, -0.1) is 0 Å². The molecule has 1 atom stereocenters. The fourth-order valence-corrected chi connectivity index (χ4v) is 3.26. The average Bonchev–Trinajstić information content (AvgIpc) is 2.51. The number of ether oxygens (including phenoxy) is 1. The van der Waals surface area contributed by atoms with Gasteiger partial charge in [0.2, 0.25) is 0 Å². The summed E-state index contributed by atoms with van der Waals surface area (Å²) in [6.07, 6.45) is 0.0937. The van der Waals surface area contributed by atoms with Crippen molar-refractivity contribution in [2.45, 2.75) is 51.4 Å². The molecule has 0 fully saturated rings. The Hall–Kier alpha value is -1.57. The molecule has 0 radical (unpaired) electrons. The first-order valence-electron chi connectivity index (χ1n) is 8.71. The number of hydrogen-bond donors (Lipinski definition) is 3. The van der Waals surface area contributed by atoms with Gasteiger partial charge in [0.25, 0.3) is 5.91 Å². The van der Waals surface area contributed by atoms with E-state index in [1.165, 1.54) is 0 Å². The maximum absolute atomic E-state index is 11.4. The lowest BCUT2D eigenvalue weighted by atomic mass is 10.2. The van der Waals surface area contributed by atoms with Crippen LogP contribution in [0.5, 0.6) is 5.75 Å². The molecule has 1 aromatic rings. The summed E-state index contributed by atoms with van der Waals surface area (Å²) in [6, 6.07) is 5.49. The van der Waals surface area contributed by atoms with Crippen LogP contribution in [0.1, 0.15) is 27.2 Å². The number of anilines is 2. The molecule has 0 aliphatic carbocycles. The lowest BCUT2D eigenvalue weighted by molar-refractivity contribution is -0.118. The Morgan fingerprint density at radius 3 is 2.80 bits per heavy atom. The quantitative estimate of drug-likeness (QED) is 0.646. The summed E-state index contributed by atoms with van der Waals surface area (Å²) in [5.41, 5.74) is 1.48. The van der Waals surface area contributed by atoms with E-state index in [9.17, 15) is 9.90 Å². The van der Waals surface area contributed by atoms with Gasteiger partial charge >= 0.3 is 0 Å². The molecule has 25 heavy (non-hydrogen) atoms. The Kier molecular flexibility index (Phi) is 6.13. The van der Waals surface area contributed by atoms with Crippen molar-refractivity contribution in [1.29, 1.82) is 0 Å². The predicted octanol–water partition coefficient (Wildman–Crippen LogP) is 3.20. The van der Waals surface area contributed by atoms with Crippen LogP contribution in [0.4, 0.5) is 11.4 Å². The smallest absolute Gasteiger partial charge is 0.262 e. The van der Waals surface area contributed by atoms with Gasteiger partial charge in [0.15, 0.2) is 14.9 Å². The third-order valence-corrected chi connectivity index (χ3v) is 9.41. The summed E-state index contributed by atoms with van der Waals surface area (Å²) in [4.78, 5) is 11.4. The third-order valence-electron chi connectivity index (χ3n) is 4.87. The van der Waals surface area contributed by atoms with Crippen molar-refractivity contribution >= 4 is 25.6 Å². The van der Waals surface area contributed by atoms with Crippen molar-refractivity contribution in [3.63, 3.8) is 0 Å². The molecule has 6 nitrogen and oxygen atoms in total. The van der Waals surface area contributed by atoms with Crippen LogP contribution in [0.3, 0.4) is 0 Å². The molecule has 1 aliphatic heterocycles. The summed E-state index contributed by atoms with van der Waals surface area (Å²) in [5, 5.41) is 16.3. The normalized spacial score (nSPS) is 15.8. The molecule has 0 saturated carbocycles. The van der Waals surface area contributed by atoms with Crippen molar-refractivity contribution in [3.8, 4) is 5.75 Å². The SMILES string of the molecule is CC(C)(C)[Si](C)(C)OCCC(O)CNc1ccc2c(c1)NC(=O)CO2. The molecule has 2 rings (SSSR count). The Morgan fingerprint density at radius 2 is 2.12 bits per heavy atom. The molecule has 0 saturated heterocycles. The molecule has 0 aromatic heterocycles. The maximum Gasteiger partial charge on any atom is 0.262 e. The van der Waals surface area contributed by atoms with Crippen LogP contribution in [-0.2, 0) is 9.22 Å². The van der Waals surface area contributed by atoms with Crippen LogP contribution < -0.4 is 15.4 Å². The second-order valence-electron chi connectivity index (χ2n) is 7.98. The number of hydrogen-bond acceptors (Lipinski definition) is 5. The van der Waals surface area contributed by atoms with Gasteiger partial charge in [-0.25, -0.2) is 0 Å². The van der Waals surface area contributed by atoms with E-state index < -0.39 is 14.4 Å². The minimum absolute atomic E-state index is 0.0483. The number of amides is 1. The number of carbonyl (C=O) groups is 1. The Labute approximate surface area is 151 Å². The molecule has 3 N–H and O–H groups in total. The highest BCUT2D eigenvalue weighted by atomic mass is 28.4. The highest BCUT2D eigenvalue weighted by Gasteiger charge is 2.36.